The number of amides is 1. The second-order valence-electron chi connectivity index (χ2n) is 5.37. The van der Waals surface area contributed by atoms with Gasteiger partial charge in [-0.3, -0.25) is 14.9 Å². The Morgan fingerprint density at radius 3 is 2.42 bits per heavy atom. The van der Waals surface area contributed by atoms with E-state index in [0.717, 1.165) is 12.0 Å². The Labute approximate surface area is 140 Å². The van der Waals surface area contributed by atoms with Gasteiger partial charge >= 0.3 is 5.69 Å². The van der Waals surface area contributed by atoms with Crippen LogP contribution in [-0.2, 0) is 4.79 Å². The number of benzene rings is 2. The molecule has 0 aliphatic rings. The van der Waals surface area contributed by atoms with Crippen molar-refractivity contribution in [2.45, 2.75) is 32.4 Å². The number of hydrogen-bond acceptors (Lipinski definition) is 4. The van der Waals surface area contributed by atoms with Gasteiger partial charge in [-0.1, -0.05) is 49.4 Å². The molecule has 0 aliphatic heterocycles. The first-order valence-electron chi connectivity index (χ1n) is 7.78. The molecule has 24 heavy (non-hydrogen) atoms. The minimum atomic E-state index is -0.844. The first-order valence-corrected chi connectivity index (χ1v) is 7.78. The van der Waals surface area contributed by atoms with Crippen LogP contribution in [0.25, 0.3) is 0 Å². The van der Waals surface area contributed by atoms with E-state index in [4.69, 9.17) is 4.74 Å². The monoisotopic (exact) mass is 328 g/mol. The molecule has 2 aromatic carbocycles. The van der Waals surface area contributed by atoms with E-state index < -0.39 is 11.0 Å². The summed E-state index contributed by atoms with van der Waals surface area (Å²) in [5.41, 5.74) is 0.846. The molecule has 2 unspecified atom stereocenters. The van der Waals surface area contributed by atoms with Crippen molar-refractivity contribution in [2.24, 2.45) is 0 Å². The fraction of sp³-hybridized carbons (Fsp3) is 0.278. The second-order valence-corrected chi connectivity index (χ2v) is 5.37. The van der Waals surface area contributed by atoms with E-state index in [1.54, 1.807) is 19.1 Å². The van der Waals surface area contributed by atoms with Crippen molar-refractivity contribution in [2.75, 3.05) is 0 Å². The Morgan fingerprint density at radius 2 is 1.79 bits per heavy atom. The highest BCUT2D eigenvalue weighted by atomic mass is 16.6. The van der Waals surface area contributed by atoms with Crippen LogP contribution >= 0.6 is 0 Å². The van der Waals surface area contributed by atoms with Crippen LogP contribution in [0.5, 0.6) is 5.75 Å². The Hall–Kier alpha value is -2.89. The first kappa shape index (κ1) is 17.5. The molecule has 6 heteroatoms. The maximum atomic E-state index is 12.4. The molecule has 0 spiro atoms. The van der Waals surface area contributed by atoms with E-state index in [9.17, 15) is 14.9 Å². The summed E-state index contributed by atoms with van der Waals surface area (Å²) in [4.78, 5) is 22.8. The molecule has 0 aliphatic carbocycles. The third-order valence-corrected chi connectivity index (χ3v) is 3.66. The average Bonchev–Trinajstić information content (AvgIpc) is 2.60. The molecule has 0 saturated carbocycles. The molecular formula is C18H20N2O4. The maximum Gasteiger partial charge on any atom is 0.310 e. The smallest absolute Gasteiger partial charge is 0.310 e. The zero-order valence-corrected chi connectivity index (χ0v) is 13.6. The van der Waals surface area contributed by atoms with Crippen molar-refractivity contribution in [1.29, 1.82) is 0 Å². The van der Waals surface area contributed by atoms with Crippen LogP contribution in [0.4, 0.5) is 5.69 Å². The highest BCUT2D eigenvalue weighted by Crippen LogP contribution is 2.27. The number of carbonyl (C=O) groups is 1. The molecule has 1 amide bonds. The van der Waals surface area contributed by atoms with Crippen molar-refractivity contribution >= 4 is 11.6 Å². The summed E-state index contributed by atoms with van der Waals surface area (Å²) in [5.74, 6) is -0.234. The summed E-state index contributed by atoms with van der Waals surface area (Å²) < 4.78 is 5.50. The van der Waals surface area contributed by atoms with Gasteiger partial charge in [-0.2, -0.15) is 0 Å². The lowest BCUT2D eigenvalue weighted by atomic mass is 10.0. The molecule has 6 nitrogen and oxygen atoms in total. The van der Waals surface area contributed by atoms with Crippen LogP contribution in [0.1, 0.15) is 31.9 Å². The van der Waals surface area contributed by atoms with Gasteiger partial charge in [0.1, 0.15) is 0 Å². The van der Waals surface area contributed by atoms with E-state index in [0.29, 0.717) is 0 Å². The third kappa shape index (κ3) is 4.32. The number of para-hydroxylation sites is 2. The van der Waals surface area contributed by atoms with Crippen LogP contribution in [0.3, 0.4) is 0 Å². The summed E-state index contributed by atoms with van der Waals surface area (Å²) in [7, 11) is 0. The maximum absolute atomic E-state index is 12.4. The molecule has 0 fully saturated rings. The highest BCUT2D eigenvalue weighted by Gasteiger charge is 2.22. The van der Waals surface area contributed by atoms with Crippen LogP contribution in [0.15, 0.2) is 54.6 Å². The van der Waals surface area contributed by atoms with Crippen molar-refractivity contribution < 1.29 is 14.5 Å². The van der Waals surface area contributed by atoms with Crippen molar-refractivity contribution in [3.8, 4) is 5.75 Å². The van der Waals surface area contributed by atoms with Gasteiger partial charge in [-0.25, -0.2) is 0 Å². The molecule has 0 aromatic heterocycles. The van der Waals surface area contributed by atoms with E-state index >= 15 is 0 Å². The predicted molar refractivity (Wildman–Crippen MR) is 90.8 cm³/mol. The number of nitrogens with zero attached hydrogens (tertiary/aromatic N) is 1. The fourth-order valence-electron chi connectivity index (χ4n) is 2.35. The number of carbonyl (C=O) groups excluding carboxylic acids is 1. The number of rotatable bonds is 7. The predicted octanol–water partition coefficient (Wildman–Crippen LogP) is 3.63. The summed E-state index contributed by atoms with van der Waals surface area (Å²) in [5, 5.41) is 13.9. The molecule has 2 aromatic rings. The standard InChI is InChI=1S/C18H20N2O4/c1-3-15(14-9-5-4-6-10-14)19-18(21)13(2)24-17-12-8-7-11-16(17)20(22)23/h4-13,15H,3H2,1-2H3,(H,19,21). The lowest BCUT2D eigenvalue weighted by Crippen LogP contribution is -2.38. The number of nitro benzene ring substituents is 1. The molecule has 2 atom stereocenters. The van der Waals surface area contributed by atoms with Gasteiger partial charge in [0.15, 0.2) is 11.9 Å². The normalized spacial score (nSPS) is 12.9. The minimum Gasteiger partial charge on any atom is -0.474 e. The SMILES string of the molecule is CCC(NC(=O)C(C)Oc1ccccc1[N+](=O)[O-])c1ccccc1. The Kier molecular flexibility index (Phi) is 5.89. The van der Waals surface area contributed by atoms with Gasteiger partial charge in [0.2, 0.25) is 0 Å². The Bertz CT molecular complexity index is 703. The quantitative estimate of drug-likeness (QED) is 0.621. The van der Waals surface area contributed by atoms with E-state index in [1.165, 1.54) is 12.1 Å². The van der Waals surface area contributed by atoms with Crippen molar-refractivity contribution in [3.05, 3.63) is 70.3 Å². The Balaban J connectivity index is 2.06. The van der Waals surface area contributed by atoms with Gasteiger partial charge < -0.3 is 10.1 Å². The fourth-order valence-corrected chi connectivity index (χ4v) is 2.35. The molecule has 0 bridgehead atoms. The van der Waals surface area contributed by atoms with Gasteiger partial charge in [0.25, 0.3) is 5.91 Å². The zero-order valence-electron chi connectivity index (χ0n) is 13.6. The van der Waals surface area contributed by atoms with Gasteiger partial charge in [0, 0.05) is 6.07 Å². The number of nitro groups is 1. The van der Waals surface area contributed by atoms with Gasteiger partial charge in [-0.15, -0.1) is 0 Å². The Morgan fingerprint density at radius 1 is 1.17 bits per heavy atom. The molecular weight excluding hydrogens is 308 g/mol. The minimum absolute atomic E-state index is 0.0814. The van der Waals surface area contributed by atoms with E-state index in [-0.39, 0.29) is 23.4 Å². The van der Waals surface area contributed by atoms with E-state index in [2.05, 4.69) is 5.32 Å². The molecule has 0 saturated heterocycles. The highest BCUT2D eigenvalue weighted by molar-refractivity contribution is 5.81. The van der Waals surface area contributed by atoms with Gasteiger partial charge in [0.05, 0.1) is 11.0 Å². The number of nitrogens with one attached hydrogen (secondary N) is 1. The number of hydrogen-bond donors (Lipinski definition) is 1. The van der Waals surface area contributed by atoms with Crippen LogP contribution < -0.4 is 10.1 Å². The lowest BCUT2D eigenvalue weighted by Gasteiger charge is -2.21. The van der Waals surface area contributed by atoms with Gasteiger partial charge in [-0.05, 0) is 25.0 Å². The summed E-state index contributed by atoms with van der Waals surface area (Å²) in [6.07, 6.45) is -0.114. The molecule has 0 heterocycles. The van der Waals surface area contributed by atoms with Crippen LogP contribution in [0, 0.1) is 10.1 Å². The number of ether oxygens (including phenoxy) is 1. The molecule has 126 valence electrons. The van der Waals surface area contributed by atoms with Crippen molar-refractivity contribution in [3.63, 3.8) is 0 Å². The lowest BCUT2D eigenvalue weighted by molar-refractivity contribution is -0.386. The second kappa shape index (κ2) is 8.10. The summed E-state index contributed by atoms with van der Waals surface area (Å²) >= 11 is 0. The average molecular weight is 328 g/mol. The van der Waals surface area contributed by atoms with Crippen LogP contribution in [0.2, 0.25) is 0 Å². The molecule has 0 radical (unpaired) electrons. The third-order valence-electron chi connectivity index (χ3n) is 3.66. The van der Waals surface area contributed by atoms with Crippen molar-refractivity contribution in [1.82, 2.24) is 5.32 Å². The molecule has 1 N–H and O–H groups in total. The van der Waals surface area contributed by atoms with Crippen LogP contribution in [-0.4, -0.2) is 16.9 Å². The summed E-state index contributed by atoms with van der Waals surface area (Å²) in [6.45, 7) is 3.55. The molecule has 2 rings (SSSR count). The topological polar surface area (TPSA) is 81.5 Å². The first-order chi connectivity index (χ1) is 11.5. The summed E-state index contributed by atoms with van der Waals surface area (Å²) in [6, 6.07) is 15.5. The largest absolute Gasteiger partial charge is 0.474 e. The van der Waals surface area contributed by atoms with E-state index in [1.807, 2.05) is 37.3 Å². The zero-order chi connectivity index (χ0) is 17.5.